The molecule has 2 fully saturated rings. The van der Waals surface area contributed by atoms with E-state index in [1.165, 1.54) is 12.3 Å². The van der Waals surface area contributed by atoms with Crippen molar-refractivity contribution in [3.63, 3.8) is 0 Å². The van der Waals surface area contributed by atoms with Crippen LogP contribution in [0.3, 0.4) is 0 Å². The smallest absolute Gasteiger partial charge is 0.269 e. The van der Waals surface area contributed by atoms with Crippen LogP contribution in [0.1, 0.15) is 38.8 Å². The Labute approximate surface area is 207 Å². The van der Waals surface area contributed by atoms with E-state index in [1.54, 1.807) is 0 Å². The second kappa shape index (κ2) is 10.8. The van der Waals surface area contributed by atoms with Crippen molar-refractivity contribution in [2.45, 2.75) is 63.6 Å². The molecule has 1 aromatic heterocycles. The lowest BCUT2D eigenvalue weighted by atomic mass is 9.85. The fraction of sp³-hybridized carbons (Fsp3) is 0.538. The molecule has 5 nitrogen and oxygen atoms in total. The molecule has 196 valence electrons. The molecule has 1 saturated carbocycles. The average molecular weight is 511 g/mol. The Hall–Kier alpha value is -2.59. The van der Waals surface area contributed by atoms with Crippen LogP contribution in [0.25, 0.3) is 11.1 Å². The van der Waals surface area contributed by atoms with Crippen LogP contribution in [0.2, 0.25) is 0 Å². The van der Waals surface area contributed by atoms with Gasteiger partial charge < -0.3 is 5.32 Å². The average Bonchev–Trinajstić information content (AvgIpc) is 2.81. The summed E-state index contributed by atoms with van der Waals surface area (Å²) < 4.78 is 72.4. The fourth-order valence-electron chi connectivity index (χ4n) is 5.25. The highest BCUT2D eigenvalue weighted by Gasteiger charge is 2.49. The van der Waals surface area contributed by atoms with Gasteiger partial charge in [-0.15, -0.1) is 0 Å². The van der Waals surface area contributed by atoms with E-state index in [0.717, 1.165) is 25.2 Å². The molecule has 2 aliphatic rings. The number of aromatic nitrogens is 1. The summed E-state index contributed by atoms with van der Waals surface area (Å²) >= 11 is 0. The summed E-state index contributed by atoms with van der Waals surface area (Å²) in [5, 5.41) is 2.47. The molecule has 1 saturated heterocycles. The quantitative estimate of drug-likeness (QED) is 0.586. The Morgan fingerprint density at radius 2 is 1.78 bits per heavy atom. The zero-order chi connectivity index (χ0) is 26.0. The minimum Gasteiger partial charge on any atom is -0.345 e. The lowest BCUT2D eigenvalue weighted by Gasteiger charge is -2.47. The standard InChI is InChI=1S/C26H31F5N4O/c1-16(2)34-8-10-35(11-9-34)22-4-3-6-26(30,31)25(22)33-23(36)15-21-24(29)20(5-7-32-21)17-12-18(27)14-19(28)13-17/h5,7,12-14,16,22,25H,3-4,6,8-11,15H2,1-2H3,(H,33,36)/t22-,25+/m0/s1. The molecule has 2 aromatic rings. The molecule has 4 rings (SSSR count). The summed E-state index contributed by atoms with van der Waals surface area (Å²) in [6.07, 6.45) is 1.22. The molecular weight excluding hydrogens is 479 g/mol. The highest BCUT2D eigenvalue weighted by Crippen LogP contribution is 2.36. The van der Waals surface area contributed by atoms with E-state index in [9.17, 15) is 13.6 Å². The minimum absolute atomic E-state index is 0.0477. The maximum absolute atomic E-state index is 15.1. The van der Waals surface area contributed by atoms with E-state index < -0.39 is 47.8 Å². The third-order valence-corrected chi connectivity index (χ3v) is 7.18. The van der Waals surface area contributed by atoms with Crippen LogP contribution in [0.15, 0.2) is 30.5 Å². The Kier molecular flexibility index (Phi) is 7.94. The summed E-state index contributed by atoms with van der Waals surface area (Å²) in [4.78, 5) is 21.0. The van der Waals surface area contributed by atoms with Crippen LogP contribution in [0.4, 0.5) is 22.0 Å². The monoisotopic (exact) mass is 510 g/mol. The first-order valence-electron chi connectivity index (χ1n) is 12.3. The number of alkyl halides is 2. The van der Waals surface area contributed by atoms with E-state index in [4.69, 9.17) is 0 Å². The van der Waals surface area contributed by atoms with Crippen molar-refractivity contribution >= 4 is 5.91 Å². The first-order valence-corrected chi connectivity index (χ1v) is 12.3. The van der Waals surface area contributed by atoms with Crippen LogP contribution < -0.4 is 5.32 Å². The number of amides is 1. The lowest BCUT2D eigenvalue weighted by molar-refractivity contribution is -0.133. The van der Waals surface area contributed by atoms with Gasteiger partial charge in [0.25, 0.3) is 5.92 Å². The van der Waals surface area contributed by atoms with Gasteiger partial charge in [0.15, 0.2) is 5.82 Å². The van der Waals surface area contributed by atoms with Gasteiger partial charge in [0.05, 0.1) is 12.1 Å². The second-order valence-electron chi connectivity index (χ2n) is 9.89. The van der Waals surface area contributed by atoms with Crippen LogP contribution in [-0.2, 0) is 11.2 Å². The number of carbonyl (C=O) groups excluding carboxylic acids is 1. The highest BCUT2D eigenvalue weighted by atomic mass is 19.3. The first kappa shape index (κ1) is 26.5. The number of piperazine rings is 1. The van der Waals surface area contributed by atoms with Gasteiger partial charge in [-0.1, -0.05) is 0 Å². The van der Waals surface area contributed by atoms with Crippen molar-refractivity contribution in [1.29, 1.82) is 0 Å². The third kappa shape index (κ3) is 5.86. The maximum atomic E-state index is 15.1. The largest absolute Gasteiger partial charge is 0.345 e. The summed E-state index contributed by atoms with van der Waals surface area (Å²) in [5.74, 6) is -6.54. The number of benzene rings is 1. The molecular formula is C26H31F5N4O. The van der Waals surface area contributed by atoms with Gasteiger partial charge in [-0.2, -0.15) is 0 Å². The van der Waals surface area contributed by atoms with Crippen LogP contribution in [0.5, 0.6) is 0 Å². The van der Waals surface area contributed by atoms with Gasteiger partial charge >= 0.3 is 0 Å². The third-order valence-electron chi connectivity index (χ3n) is 7.18. The summed E-state index contributed by atoms with van der Waals surface area (Å²) in [6, 6.07) is 2.31. The number of nitrogens with zero attached hydrogens (tertiary/aromatic N) is 3. The van der Waals surface area contributed by atoms with Gasteiger partial charge in [0.2, 0.25) is 5.91 Å². The molecule has 1 aliphatic carbocycles. The topological polar surface area (TPSA) is 48.5 Å². The van der Waals surface area contributed by atoms with E-state index in [-0.39, 0.29) is 23.2 Å². The van der Waals surface area contributed by atoms with Crippen LogP contribution >= 0.6 is 0 Å². The molecule has 36 heavy (non-hydrogen) atoms. The van der Waals surface area contributed by atoms with Crippen molar-refractivity contribution in [2.24, 2.45) is 0 Å². The number of pyridine rings is 1. The summed E-state index contributed by atoms with van der Waals surface area (Å²) in [7, 11) is 0. The molecule has 0 bridgehead atoms. The molecule has 1 amide bonds. The van der Waals surface area contributed by atoms with Gasteiger partial charge in [-0.25, -0.2) is 22.0 Å². The van der Waals surface area contributed by atoms with Crippen molar-refractivity contribution in [3.8, 4) is 11.1 Å². The Bertz CT molecular complexity index is 1070. The van der Waals surface area contributed by atoms with Crippen molar-refractivity contribution in [2.75, 3.05) is 26.2 Å². The molecule has 0 spiro atoms. The molecule has 0 radical (unpaired) electrons. The zero-order valence-electron chi connectivity index (χ0n) is 20.4. The Balaban J connectivity index is 1.49. The normalized spacial score (nSPS) is 23.1. The molecule has 1 aliphatic heterocycles. The number of hydrogen-bond acceptors (Lipinski definition) is 4. The van der Waals surface area contributed by atoms with Crippen molar-refractivity contribution in [3.05, 3.63) is 53.6 Å². The maximum Gasteiger partial charge on any atom is 0.269 e. The van der Waals surface area contributed by atoms with E-state index in [0.29, 0.717) is 38.0 Å². The van der Waals surface area contributed by atoms with Gasteiger partial charge in [0.1, 0.15) is 17.7 Å². The number of carbonyl (C=O) groups is 1. The fourth-order valence-corrected chi connectivity index (χ4v) is 5.25. The van der Waals surface area contributed by atoms with Crippen molar-refractivity contribution in [1.82, 2.24) is 20.1 Å². The molecule has 10 heteroatoms. The highest BCUT2D eigenvalue weighted by molar-refractivity contribution is 5.79. The molecule has 1 aromatic carbocycles. The minimum atomic E-state index is -3.10. The molecule has 2 heterocycles. The number of halogens is 5. The van der Waals surface area contributed by atoms with Crippen LogP contribution in [0, 0.1) is 17.5 Å². The van der Waals surface area contributed by atoms with Gasteiger partial charge in [0, 0.05) is 62.5 Å². The second-order valence-corrected chi connectivity index (χ2v) is 9.89. The van der Waals surface area contributed by atoms with E-state index in [2.05, 4.69) is 29.0 Å². The predicted molar refractivity (Wildman–Crippen MR) is 126 cm³/mol. The Morgan fingerprint density at radius 1 is 1.11 bits per heavy atom. The van der Waals surface area contributed by atoms with Crippen LogP contribution in [-0.4, -0.2) is 70.9 Å². The molecule has 2 atom stereocenters. The van der Waals surface area contributed by atoms with Crippen molar-refractivity contribution < 1.29 is 26.7 Å². The van der Waals surface area contributed by atoms with Gasteiger partial charge in [-0.05, 0) is 50.5 Å². The molecule has 0 unspecified atom stereocenters. The Morgan fingerprint density at radius 3 is 2.42 bits per heavy atom. The first-order chi connectivity index (χ1) is 17.0. The number of hydrogen-bond donors (Lipinski definition) is 1. The SMILES string of the molecule is CC(C)N1CCN([C@H]2CCCC(F)(F)[C@@H]2NC(=O)Cc2nccc(-c3cc(F)cc(F)c3)c2F)CC1. The van der Waals surface area contributed by atoms with Gasteiger partial charge in [-0.3, -0.25) is 19.6 Å². The summed E-state index contributed by atoms with van der Waals surface area (Å²) in [6.45, 7) is 6.99. The molecule has 1 N–H and O–H groups in total. The summed E-state index contributed by atoms with van der Waals surface area (Å²) in [5.41, 5.74) is -0.459. The van der Waals surface area contributed by atoms with E-state index >= 15 is 13.2 Å². The number of rotatable bonds is 6. The predicted octanol–water partition coefficient (Wildman–Crippen LogP) is 4.41. The van der Waals surface area contributed by atoms with E-state index in [1.807, 2.05) is 4.90 Å². The number of nitrogens with one attached hydrogen (secondary N) is 1. The lowest BCUT2D eigenvalue weighted by Crippen LogP contribution is -2.64. The zero-order valence-corrected chi connectivity index (χ0v) is 20.4.